The third-order valence-corrected chi connectivity index (χ3v) is 11.1. The molecule has 0 saturated carbocycles. The molecule has 2 atom stereocenters. The summed E-state index contributed by atoms with van der Waals surface area (Å²) in [5, 5.41) is 24.1. The van der Waals surface area contributed by atoms with Crippen molar-refractivity contribution in [3.63, 3.8) is 0 Å². The molecule has 0 radical (unpaired) electrons. The van der Waals surface area contributed by atoms with Crippen LogP contribution in [0.25, 0.3) is 33.9 Å². The normalized spacial score (nSPS) is 13.4. The van der Waals surface area contributed by atoms with Crippen LogP contribution in [0.4, 0.5) is 8.78 Å². The van der Waals surface area contributed by atoms with Crippen molar-refractivity contribution in [1.29, 1.82) is 0 Å². The summed E-state index contributed by atoms with van der Waals surface area (Å²) in [6, 6.07) is 24.2. The molecule has 17 nitrogen and oxygen atoms in total. The Morgan fingerprint density at radius 2 is 0.948 bits per heavy atom. The van der Waals surface area contributed by atoms with E-state index in [4.69, 9.17) is 19.3 Å². The molecule has 0 fully saturated rings. The third-order valence-electron chi connectivity index (χ3n) is 8.20. The maximum Gasteiger partial charge on any atom is 0.322 e. The number of aromatic nitrogens is 4. The van der Waals surface area contributed by atoms with Gasteiger partial charge in [-0.1, -0.05) is 0 Å². The highest BCUT2D eigenvalue weighted by Crippen LogP contribution is 2.29. The Kier molecular flexibility index (Phi) is 12.1. The molecule has 302 valence electrons. The Bertz CT molecular complexity index is 2540. The Balaban J connectivity index is 1.12. The van der Waals surface area contributed by atoms with E-state index in [-0.39, 0.29) is 21.2 Å². The number of sulfonamides is 2. The number of benzene rings is 4. The summed E-state index contributed by atoms with van der Waals surface area (Å²) in [6.45, 7) is 2.74. The lowest BCUT2D eigenvalue weighted by molar-refractivity contribution is 0.0750. The number of carbonyl (C=O) groups is 2. The molecular formula is C36H33F2N8O9PS2. The summed E-state index contributed by atoms with van der Waals surface area (Å²) in [5.41, 5.74) is 2.07. The molecule has 22 heteroatoms. The van der Waals surface area contributed by atoms with Crippen LogP contribution in [-0.4, -0.2) is 60.7 Å². The minimum atomic E-state index is -3.99. The van der Waals surface area contributed by atoms with Crippen LogP contribution >= 0.6 is 8.25 Å². The van der Waals surface area contributed by atoms with Crippen molar-refractivity contribution in [3.05, 3.63) is 132 Å². The first-order valence-corrected chi connectivity index (χ1v) is 21.1. The lowest BCUT2D eigenvalue weighted by atomic mass is 10.1. The van der Waals surface area contributed by atoms with Gasteiger partial charge < -0.3 is 10.6 Å². The Morgan fingerprint density at radius 1 is 0.621 bits per heavy atom. The molecule has 0 aliphatic heterocycles. The molecule has 0 aliphatic rings. The molecule has 6 aromatic rings. The predicted molar refractivity (Wildman–Crippen MR) is 206 cm³/mol. The minimum absolute atomic E-state index is 0.133. The topological polar surface area (TPSA) is 250 Å². The van der Waals surface area contributed by atoms with Gasteiger partial charge in [-0.2, -0.15) is 10.2 Å². The van der Waals surface area contributed by atoms with E-state index in [2.05, 4.69) is 20.8 Å². The van der Waals surface area contributed by atoms with Crippen molar-refractivity contribution in [2.24, 2.45) is 10.3 Å². The number of nitrogens with zero attached hydrogens (tertiary/aromatic N) is 4. The van der Waals surface area contributed by atoms with E-state index in [0.717, 1.165) is 0 Å². The average molecular weight is 855 g/mol. The molecule has 2 heterocycles. The van der Waals surface area contributed by atoms with Crippen molar-refractivity contribution in [2.75, 3.05) is 0 Å². The number of nitrogens with two attached hydrogens (primary N) is 2. The molecule has 2 aromatic heterocycles. The number of rotatable bonds is 14. The summed E-state index contributed by atoms with van der Waals surface area (Å²) in [6.07, 6.45) is -2.41. The first kappa shape index (κ1) is 41.7. The fourth-order valence-electron chi connectivity index (χ4n) is 5.48. The number of hydrogen-bond donors (Lipinski definition) is 4. The van der Waals surface area contributed by atoms with Crippen molar-refractivity contribution >= 4 is 40.1 Å². The molecule has 4 aromatic carbocycles. The number of halogens is 2. The van der Waals surface area contributed by atoms with E-state index in [1.54, 1.807) is 0 Å². The third kappa shape index (κ3) is 9.95. The number of primary sulfonamides is 2. The van der Waals surface area contributed by atoms with Gasteiger partial charge in [-0.05, 0) is 123 Å². The van der Waals surface area contributed by atoms with Gasteiger partial charge in [0, 0.05) is 11.1 Å². The van der Waals surface area contributed by atoms with Gasteiger partial charge in [-0.3, -0.25) is 23.2 Å². The zero-order chi connectivity index (χ0) is 41.9. The van der Waals surface area contributed by atoms with E-state index in [0.29, 0.717) is 33.9 Å². The molecule has 6 rings (SSSR count). The zero-order valence-corrected chi connectivity index (χ0v) is 32.9. The lowest BCUT2D eigenvalue weighted by Crippen LogP contribution is -2.35. The van der Waals surface area contributed by atoms with Gasteiger partial charge in [0.2, 0.25) is 20.0 Å². The number of carbonyl (C=O) groups excluding carboxylic acids is 2. The van der Waals surface area contributed by atoms with E-state index in [1.807, 2.05) is 0 Å². The maximum atomic E-state index is 13.7. The van der Waals surface area contributed by atoms with Crippen molar-refractivity contribution in [2.45, 2.75) is 36.1 Å². The van der Waals surface area contributed by atoms with Crippen LogP contribution in [0.3, 0.4) is 0 Å². The van der Waals surface area contributed by atoms with Gasteiger partial charge in [0.25, 0.3) is 11.8 Å². The molecule has 0 aliphatic carbocycles. The number of nitrogens with one attached hydrogen (secondary N) is 2. The maximum absolute atomic E-state index is 13.7. The van der Waals surface area contributed by atoms with Gasteiger partial charge in [0.15, 0.2) is 11.4 Å². The number of amides is 2. The smallest absolute Gasteiger partial charge is 0.322 e. The summed E-state index contributed by atoms with van der Waals surface area (Å²) in [4.78, 5) is 26.2. The summed E-state index contributed by atoms with van der Waals surface area (Å²) < 4.78 is 101. The summed E-state index contributed by atoms with van der Waals surface area (Å²) in [7, 11) is -11.4. The number of hydrogen-bond acceptors (Lipinski definition) is 11. The van der Waals surface area contributed by atoms with E-state index >= 15 is 0 Å². The van der Waals surface area contributed by atoms with Crippen LogP contribution in [0.2, 0.25) is 0 Å². The lowest BCUT2D eigenvalue weighted by Gasteiger charge is -2.17. The Morgan fingerprint density at radius 3 is 1.26 bits per heavy atom. The molecule has 58 heavy (non-hydrogen) atoms. The van der Waals surface area contributed by atoms with E-state index in [9.17, 15) is 39.8 Å². The Hall–Kier alpha value is -5.93. The van der Waals surface area contributed by atoms with E-state index in [1.165, 1.54) is 132 Å². The van der Waals surface area contributed by atoms with Crippen LogP contribution in [0.5, 0.6) is 0 Å². The van der Waals surface area contributed by atoms with Crippen LogP contribution < -0.4 is 20.9 Å². The summed E-state index contributed by atoms with van der Waals surface area (Å²) in [5.74, 6) is -2.53. The van der Waals surface area contributed by atoms with Crippen LogP contribution in [-0.2, 0) is 33.7 Å². The average Bonchev–Trinajstić information content (AvgIpc) is 3.81. The summed E-state index contributed by atoms with van der Waals surface area (Å²) >= 11 is 0. The van der Waals surface area contributed by atoms with Crippen LogP contribution in [0, 0.1) is 11.6 Å². The van der Waals surface area contributed by atoms with Gasteiger partial charge in [0.05, 0.1) is 32.6 Å². The highest BCUT2D eigenvalue weighted by Gasteiger charge is 2.23. The SMILES string of the molecule is CC(NC(=O)c1cc(-c2ccc(F)cc2)n(-c2ccc(S(N)(=O)=O)cc2)n1)O[PH](=O)OC(C)NC(=O)c1cc(-c2ccc(F)cc2)n(-c2ccc(S(N)(=O)=O)cc2)n1. The fraction of sp³-hybridized carbons (Fsp3) is 0.111. The first-order chi connectivity index (χ1) is 27.3. The van der Waals surface area contributed by atoms with Crippen molar-refractivity contribution in [1.82, 2.24) is 30.2 Å². The van der Waals surface area contributed by atoms with Gasteiger partial charge in [-0.25, -0.2) is 45.3 Å². The predicted octanol–water partition coefficient (Wildman–Crippen LogP) is 4.24. The minimum Gasteiger partial charge on any atom is -0.325 e. The molecule has 2 amide bonds. The highest BCUT2D eigenvalue weighted by molar-refractivity contribution is 7.89. The van der Waals surface area contributed by atoms with Crippen molar-refractivity contribution in [3.8, 4) is 33.9 Å². The van der Waals surface area contributed by atoms with E-state index < -0.39 is 64.2 Å². The highest BCUT2D eigenvalue weighted by atomic mass is 32.2. The second kappa shape index (κ2) is 16.9. The first-order valence-electron chi connectivity index (χ1n) is 16.8. The second-order valence-corrected chi connectivity index (χ2v) is 16.6. The molecule has 0 bridgehead atoms. The van der Waals surface area contributed by atoms with Crippen LogP contribution in [0.1, 0.15) is 34.8 Å². The molecule has 6 N–H and O–H groups in total. The van der Waals surface area contributed by atoms with Crippen molar-refractivity contribution < 1.29 is 48.8 Å². The van der Waals surface area contributed by atoms with Crippen LogP contribution in [0.15, 0.2) is 119 Å². The largest absolute Gasteiger partial charge is 0.325 e. The monoisotopic (exact) mass is 854 g/mol. The van der Waals surface area contributed by atoms with Gasteiger partial charge in [0.1, 0.15) is 24.1 Å². The van der Waals surface area contributed by atoms with Gasteiger partial charge >= 0.3 is 8.25 Å². The molecule has 0 spiro atoms. The Labute approximate surface area is 330 Å². The molecular weight excluding hydrogens is 822 g/mol. The fourth-order valence-corrected chi connectivity index (χ4v) is 7.26. The molecule has 0 saturated heterocycles. The second-order valence-electron chi connectivity index (χ2n) is 12.5. The van der Waals surface area contributed by atoms with Gasteiger partial charge in [-0.15, -0.1) is 0 Å². The zero-order valence-electron chi connectivity index (χ0n) is 30.2. The quantitative estimate of drug-likeness (QED) is 0.0891. The standard InChI is InChI=1S/C36H33F2N8O9PS2/c1-21(41-35(47)31-19-33(23-3-7-25(37)8-4-23)45(43-31)27-11-15-29(16-12-27)57(39,50)51)54-56(49)55-22(2)42-36(48)32-20-34(24-5-9-26(38)10-6-24)46(44-32)28-13-17-30(18-14-28)58(40,52)53/h3-22,56H,1-2H3,(H,41,47)(H,42,48)(H2,39,50,51)(H2,40,52,53). The molecule has 2 unspecified atom stereocenters.